The van der Waals surface area contributed by atoms with Gasteiger partial charge in [-0.05, 0) is 25.1 Å². The molecule has 0 bridgehead atoms. The molecule has 0 radical (unpaired) electrons. The van der Waals surface area contributed by atoms with Crippen LogP contribution in [0, 0.1) is 0 Å². The van der Waals surface area contributed by atoms with E-state index in [0.717, 1.165) is 17.1 Å². The summed E-state index contributed by atoms with van der Waals surface area (Å²) in [6.45, 7) is 3.81. The molecule has 2 aliphatic heterocycles. The van der Waals surface area contributed by atoms with Gasteiger partial charge in [0.05, 0.1) is 7.11 Å². The van der Waals surface area contributed by atoms with Gasteiger partial charge in [-0.15, -0.1) is 0 Å². The Bertz CT molecular complexity index is 431. The average molecular weight is 208 g/mol. The van der Waals surface area contributed by atoms with Gasteiger partial charge in [-0.2, -0.15) is 4.89 Å². The first-order valence-corrected chi connectivity index (χ1v) is 4.83. The molecule has 3 rings (SSSR count). The molecule has 1 aromatic rings. The summed E-state index contributed by atoms with van der Waals surface area (Å²) < 4.78 is 10.9. The highest BCUT2D eigenvalue weighted by Crippen LogP contribution is 2.57. The third-order valence-corrected chi connectivity index (χ3v) is 3.24. The van der Waals surface area contributed by atoms with Crippen LogP contribution in [-0.2, 0) is 15.4 Å². The van der Waals surface area contributed by atoms with E-state index < -0.39 is 11.4 Å². The van der Waals surface area contributed by atoms with Crippen LogP contribution in [0.1, 0.15) is 19.4 Å². The van der Waals surface area contributed by atoms with E-state index in [1.54, 1.807) is 7.11 Å². The van der Waals surface area contributed by atoms with Gasteiger partial charge in [0, 0.05) is 12.5 Å². The van der Waals surface area contributed by atoms with Crippen LogP contribution >= 0.6 is 0 Å². The zero-order valence-corrected chi connectivity index (χ0v) is 8.87. The summed E-state index contributed by atoms with van der Waals surface area (Å²) in [6, 6.07) is 5.65. The van der Waals surface area contributed by atoms with Crippen molar-refractivity contribution in [2.45, 2.75) is 25.2 Å². The van der Waals surface area contributed by atoms with Gasteiger partial charge in [0.2, 0.25) is 0 Å². The van der Waals surface area contributed by atoms with E-state index in [1.807, 2.05) is 32.0 Å². The van der Waals surface area contributed by atoms with Crippen LogP contribution in [-0.4, -0.2) is 12.9 Å². The van der Waals surface area contributed by atoms with Crippen molar-refractivity contribution in [2.75, 3.05) is 7.11 Å². The number of ether oxygens (including phenoxy) is 2. The Kier molecular flexibility index (Phi) is 1.47. The summed E-state index contributed by atoms with van der Waals surface area (Å²) in [5.74, 6) is 0.874. The topological polar surface area (TPSA) is 36.9 Å². The van der Waals surface area contributed by atoms with Gasteiger partial charge in [-0.25, -0.2) is 4.89 Å². The number of benzene rings is 1. The number of fused-ring (bicyclic) bond motifs is 3. The molecular weight excluding hydrogens is 196 g/mol. The van der Waals surface area contributed by atoms with Crippen molar-refractivity contribution in [3.8, 4) is 11.5 Å². The molecule has 1 fully saturated rings. The number of methoxy groups -OCH3 is 1. The molecule has 1 aromatic carbocycles. The van der Waals surface area contributed by atoms with Crippen molar-refractivity contribution < 1.29 is 19.2 Å². The van der Waals surface area contributed by atoms with Crippen LogP contribution in [0.3, 0.4) is 0 Å². The summed E-state index contributed by atoms with van der Waals surface area (Å²) in [4.78, 5) is 10.2. The minimum atomic E-state index is -0.707. The lowest BCUT2D eigenvalue weighted by Crippen LogP contribution is -2.60. The molecule has 2 aliphatic rings. The highest BCUT2D eigenvalue weighted by atomic mass is 17.3. The molecule has 0 aromatic heterocycles. The lowest BCUT2D eigenvalue weighted by atomic mass is 9.89. The maximum absolute atomic E-state index is 5.69. The second kappa shape index (κ2) is 2.46. The fourth-order valence-corrected chi connectivity index (χ4v) is 2.00. The zero-order chi connectivity index (χ0) is 10.7. The predicted octanol–water partition coefficient (Wildman–Crippen LogP) is 1.98. The maximum atomic E-state index is 5.69. The van der Waals surface area contributed by atoms with Crippen LogP contribution in [0.15, 0.2) is 18.2 Å². The van der Waals surface area contributed by atoms with E-state index in [0.29, 0.717) is 0 Å². The normalized spacial score (nSPS) is 36.2. The first kappa shape index (κ1) is 9.00. The second-order valence-electron chi connectivity index (χ2n) is 4.11. The first-order valence-electron chi connectivity index (χ1n) is 4.83. The third kappa shape index (κ3) is 0.885. The standard InChI is InChI=1S/C11H12O4/c1-10-8-6-7(12-3)4-5-9(8)13-11(10,2)15-14-10/h4-6H,1-3H3. The van der Waals surface area contributed by atoms with E-state index in [-0.39, 0.29) is 0 Å². The van der Waals surface area contributed by atoms with E-state index in [1.165, 1.54) is 0 Å². The highest BCUT2D eigenvalue weighted by Gasteiger charge is 2.67. The monoisotopic (exact) mass is 208 g/mol. The Balaban J connectivity index is 2.15. The lowest BCUT2D eigenvalue weighted by molar-refractivity contribution is -0.587. The van der Waals surface area contributed by atoms with Crippen LogP contribution in [0.25, 0.3) is 0 Å². The van der Waals surface area contributed by atoms with Crippen molar-refractivity contribution in [3.63, 3.8) is 0 Å². The summed E-state index contributed by atoms with van der Waals surface area (Å²) in [7, 11) is 1.64. The van der Waals surface area contributed by atoms with Crippen molar-refractivity contribution in [2.24, 2.45) is 0 Å². The molecule has 80 valence electrons. The Labute approximate surface area is 87.6 Å². The van der Waals surface area contributed by atoms with Gasteiger partial charge in [0.25, 0.3) is 5.79 Å². The van der Waals surface area contributed by atoms with Gasteiger partial charge in [-0.1, -0.05) is 0 Å². The van der Waals surface area contributed by atoms with E-state index in [9.17, 15) is 0 Å². The first-order chi connectivity index (χ1) is 7.09. The van der Waals surface area contributed by atoms with Crippen LogP contribution < -0.4 is 9.47 Å². The number of hydrogen-bond donors (Lipinski definition) is 0. The lowest BCUT2D eigenvalue weighted by Gasteiger charge is -2.45. The minimum absolute atomic E-state index is 0.531. The number of hydrogen-bond acceptors (Lipinski definition) is 4. The van der Waals surface area contributed by atoms with Crippen molar-refractivity contribution in [3.05, 3.63) is 23.8 Å². The highest BCUT2D eigenvalue weighted by molar-refractivity contribution is 5.49. The Hall–Kier alpha value is -1.26. The van der Waals surface area contributed by atoms with E-state index in [4.69, 9.17) is 19.2 Å². The molecule has 0 amide bonds. The predicted molar refractivity (Wildman–Crippen MR) is 51.5 cm³/mol. The molecule has 0 spiro atoms. The fraction of sp³-hybridized carbons (Fsp3) is 0.455. The van der Waals surface area contributed by atoms with Gasteiger partial charge in [0.1, 0.15) is 11.5 Å². The summed E-state index contributed by atoms with van der Waals surface area (Å²) >= 11 is 0. The van der Waals surface area contributed by atoms with Crippen molar-refractivity contribution >= 4 is 0 Å². The largest absolute Gasteiger partial charge is 0.497 e. The molecule has 2 heterocycles. The average Bonchev–Trinajstić information content (AvgIpc) is 2.39. The molecule has 2 atom stereocenters. The molecule has 1 saturated heterocycles. The van der Waals surface area contributed by atoms with Gasteiger partial charge < -0.3 is 9.47 Å². The van der Waals surface area contributed by atoms with E-state index >= 15 is 0 Å². The molecule has 4 heteroatoms. The van der Waals surface area contributed by atoms with E-state index in [2.05, 4.69) is 0 Å². The fourth-order valence-electron chi connectivity index (χ4n) is 2.00. The molecule has 15 heavy (non-hydrogen) atoms. The zero-order valence-electron chi connectivity index (χ0n) is 8.87. The summed E-state index contributed by atoms with van der Waals surface area (Å²) in [6.07, 6.45) is 0. The molecular formula is C11H12O4. The van der Waals surface area contributed by atoms with Crippen LogP contribution in [0.4, 0.5) is 0 Å². The molecule has 0 aliphatic carbocycles. The minimum Gasteiger partial charge on any atom is -0.497 e. The Morgan fingerprint density at radius 2 is 2.00 bits per heavy atom. The van der Waals surface area contributed by atoms with Gasteiger partial charge in [0.15, 0.2) is 5.60 Å². The molecule has 0 saturated carbocycles. The molecule has 0 N–H and O–H groups in total. The van der Waals surface area contributed by atoms with Gasteiger partial charge in [-0.3, -0.25) is 0 Å². The third-order valence-electron chi connectivity index (χ3n) is 3.24. The molecule has 4 nitrogen and oxygen atoms in total. The molecule has 2 unspecified atom stereocenters. The number of rotatable bonds is 1. The smallest absolute Gasteiger partial charge is 0.273 e. The quantitative estimate of drug-likeness (QED) is 0.661. The Morgan fingerprint density at radius 1 is 1.20 bits per heavy atom. The summed E-state index contributed by atoms with van der Waals surface area (Å²) in [5.41, 5.74) is 0.437. The van der Waals surface area contributed by atoms with Crippen molar-refractivity contribution in [1.29, 1.82) is 0 Å². The van der Waals surface area contributed by atoms with Crippen LogP contribution in [0.5, 0.6) is 11.5 Å². The van der Waals surface area contributed by atoms with Gasteiger partial charge >= 0.3 is 0 Å². The summed E-state index contributed by atoms with van der Waals surface area (Å²) in [5, 5.41) is 0. The second-order valence-corrected chi connectivity index (χ2v) is 4.11. The van der Waals surface area contributed by atoms with Crippen molar-refractivity contribution in [1.82, 2.24) is 0 Å². The Morgan fingerprint density at radius 3 is 2.60 bits per heavy atom. The maximum Gasteiger partial charge on any atom is 0.273 e. The SMILES string of the molecule is COc1ccc2c(c1)C1(C)OOC1(C)O2. The van der Waals surface area contributed by atoms with Crippen LogP contribution in [0.2, 0.25) is 0 Å².